The van der Waals surface area contributed by atoms with Crippen LogP contribution in [0.4, 0.5) is 10.5 Å². The van der Waals surface area contributed by atoms with Crippen molar-refractivity contribution in [2.45, 2.75) is 20.5 Å². The fourth-order valence-electron chi connectivity index (χ4n) is 3.28. The van der Waals surface area contributed by atoms with Gasteiger partial charge in [0.1, 0.15) is 18.9 Å². The predicted molar refractivity (Wildman–Crippen MR) is 134 cm³/mol. The molecule has 3 aromatic rings. The van der Waals surface area contributed by atoms with E-state index in [1.165, 1.54) is 5.56 Å². The Morgan fingerprint density at radius 3 is 2.18 bits per heavy atom. The molecule has 1 N–H and O–H groups in total. The topological polar surface area (TPSA) is 75.7 Å². The lowest BCUT2D eigenvalue weighted by molar-refractivity contribution is -0.127. The molecule has 1 aliphatic heterocycles. The number of imide groups is 1. The fourth-order valence-corrected chi connectivity index (χ4v) is 4.12. The zero-order chi connectivity index (χ0) is 24.1. The smallest absolute Gasteiger partial charge is 0.294 e. The van der Waals surface area contributed by atoms with Crippen LogP contribution in [0.25, 0.3) is 6.08 Å². The molecule has 4 rings (SSSR count). The summed E-state index contributed by atoms with van der Waals surface area (Å²) in [6, 6.07) is 22.7. The van der Waals surface area contributed by atoms with E-state index < -0.39 is 17.1 Å². The Hall–Kier alpha value is -3.84. The molecule has 0 atom stereocenters. The van der Waals surface area contributed by atoms with Gasteiger partial charge in [-0.15, -0.1) is 0 Å². The van der Waals surface area contributed by atoms with E-state index in [2.05, 4.69) is 5.32 Å². The molecular weight excluding hydrogens is 448 g/mol. The summed E-state index contributed by atoms with van der Waals surface area (Å²) in [6.45, 7) is 4.12. The third kappa shape index (κ3) is 5.94. The number of nitrogens with zero attached hydrogens (tertiary/aromatic N) is 1. The van der Waals surface area contributed by atoms with Crippen LogP contribution in [0.2, 0.25) is 0 Å². The normalized spacial score (nSPS) is 14.5. The minimum atomic E-state index is -0.478. The number of thioether (sulfide) groups is 1. The number of hydrogen-bond acceptors (Lipinski definition) is 5. The van der Waals surface area contributed by atoms with Gasteiger partial charge >= 0.3 is 0 Å². The zero-order valence-electron chi connectivity index (χ0n) is 18.9. The van der Waals surface area contributed by atoms with Crippen molar-refractivity contribution in [1.82, 2.24) is 4.90 Å². The molecule has 3 amide bonds. The molecule has 0 bridgehead atoms. The monoisotopic (exact) mass is 472 g/mol. The molecule has 0 aromatic heterocycles. The lowest BCUT2D eigenvalue weighted by Gasteiger charge is -2.12. The van der Waals surface area contributed by atoms with E-state index in [0.29, 0.717) is 18.0 Å². The highest BCUT2D eigenvalue weighted by atomic mass is 32.2. The number of ether oxygens (including phenoxy) is 1. The molecule has 34 heavy (non-hydrogen) atoms. The first kappa shape index (κ1) is 23.3. The molecule has 0 radical (unpaired) electrons. The van der Waals surface area contributed by atoms with Crippen LogP contribution in [0.3, 0.4) is 0 Å². The van der Waals surface area contributed by atoms with Gasteiger partial charge in [0, 0.05) is 5.69 Å². The highest BCUT2D eigenvalue weighted by molar-refractivity contribution is 8.18. The van der Waals surface area contributed by atoms with Crippen molar-refractivity contribution in [2.24, 2.45) is 0 Å². The van der Waals surface area contributed by atoms with E-state index in [-0.39, 0.29) is 11.4 Å². The van der Waals surface area contributed by atoms with Crippen molar-refractivity contribution in [2.75, 3.05) is 11.9 Å². The van der Waals surface area contributed by atoms with Gasteiger partial charge in [-0.25, -0.2) is 0 Å². The number of carbonyl (C=O) groups is 3. The van der Waals surface area contributed by atoms with Gasteiger partial charge in [-0.05, 0) is 67.1 Å². The van der Waals surface area contributed by atoms with Gasteiger partial charge in [0.25, 0.3) is 11.1 Å². The van der Waals surface area contributed by atoms with E-state index in [1.54, 1.807) is 18.2 Å². The standard InChI is InChI=1S/C27H24N2O4S/c1-18-3-7-21(8-4-18)17-33-23-13-9-20(10-14-23)15-24-26(31)29(27(32)34-24)16-25(30)28-22-11-5-19(2)6-12-22/h3-15H,16-17H2,1-2H3,(H,28,30). The molecule has 1 aliphatic rings. The largest absolute Gasteiger partial charge is 0.489 e. The summed E-state index contributed by atoms with van der Waals surface area (Å²) in [5, 5.41) is 2.24. The van der Waals surface area contributed by atoms with Crippen LogP contribution in [-0.4, -0.2) is 28.5 Å². The minimum absolute atomic E-state index is 0.279. The Balaban J connectivity index is 1.35. The van der Waals surface area contributed by atoms with Crippen LogP contribution in [0, 0.1) is 13.8 Å². The molecule has 7 heteroatoms. The van der Waals surface area contributed by atoms with Crippen molar-refractivity contribution in [1.29, 1.82) is 0 Å². The fraction of sp³-hybridized carbons (Fsp3) is 0.148. The van der Waals surface area contributed by atoms with Gasteiger partial charge in [0.15, 0.2) is 0 Å². The predicted octanol–water partition coefficient (Wildman–Crippen LogP) is 5.56. The lowest BCUT2D eigenvalue weighted by atomic mass is 10.1. The van der Waals surface area contributed by atoms with E-state index in [1.807, 2.05) is 74.5 Å². The van der Waals surface area contributed by atoms with Crippen LogP contribution in [-0.2, 0) is 16.2 Å². The molecule has 0 saturated carbocycles. The molecule has 0 aliphatic carbocycles. The summed E-state index contributed by atoms with van der Waals surface area (Å²) in [5.74, 6) is -0.199. The molecule has 0 unspecified atom stereocenters. The van der Waals surface area contributed by atoms with Crippen molar-refractivity contribution >= 4 is 40.6 Å². The maximum absolute atomic E-state index is 12.7. The first-order valence-corrected chi connectivity index (χ1v) is 11.6. The summed E-state index contributed by atoms with van der Waals surface area (Å²) < 4.78 is 5.81. The van der Waals surface area contributed by atoms with Gasteiger partial charge < -0.3 is 10.1 Å². The van der Waals surface area contributed by atoms with Crippen molar-refractivity contribution in [3.05, 3.63) is 100.0 Å². The Morgan fingerprint density at radius 2 is 1.53 bits per heavy atom. The summed E-state index contributed by atoms with van der Waals surface area (Å²) in [7, 11) is 0. The Bertz CT molecular complexity index is 1230. The molecular formula is C27H24N2O4S. The number of anilines is 1. The summed E-state index contributed by atoms with van der Waals surface area (Å²) in [6.07, 6.45) is 1.65. The third-order valence-electron chi connectivity index (χ3n) is 5.21. The Morgan fingerprint density at radius 1 is 0.912 bits per heavy atom. The number of aryl methyl sites for hydroxylation is 2. The average Bonchev–Trinajstić information content (AvgIpc) is 3.08. The van der Waals surface area contributed by atoms with Crippen molar-refractivity contribution in [3.63, 3.8) is 0 Å². The minimum Gasteiger partial charge on any atom is -0.489 e. The van der Waals surface area contributed by atoms with Crippen molar-refractivity contribution in [3.8, 4) is 5.75 Å². The lowest BCUT2D eigenvalue weighted by Crippen LogP contribution is -2.36. The maximum Gasteiger partial charge on any atom is 0.294 e. The molecule has 0 spiro atoms. The first-order valence-electron chi connectivity index (χ1n) is 10.8. The van der Waals surface area contributed by atoms with Gasteiger partial charge in [0.05, 0.1) is 4.91 Å². The molecule has 3 aromatic carbocycles. The SMILES string of the molecule is Cc1ccc(COc2ccc(C=C3SC(=O)N(CC(=O)Nc4ccc(C)cc4)C3=O)cc2)cc1. The van der Waals surface area contributed by atoms with Gasteiger partial charge in [-0.2, -0.15) is 0 Å². The zero-order valence-corrected chi connectivity index (χ0v) is 19.7. The van der Waals surface area contributed by atoms with Crippen molar-refractivity contribution < 1.29 is 19.1 Å². The maximum atomic E-state index is 12.7. The summed E-state index contributed by atoms with van der Waals surface area (Å²) >= 11 is 0.827. The number of hydrogen-bond donors (Lipinski definition) is 1. The van der Waals surface area contributed by atoms with Gasteiger partial charge in [0.2, 0.25) is 5.91 Å². The summed E-state index contributed by atoms with van der Waals surface area (Å²) in [5.41, 5.74) is 4.72. The van der Waals surface area contributed by atoms with Crippen LogP contribution >= 0.6 is 11.8 Å². The van der Waals surface area contributed by atoms with E-state index in [0.717, 1.165) is 33.4 Å². The quantitative estimate of drug-likeness (QED) is 0.456. The number of benzene rings is 3. The van der Waals surface area contributed by atoms with Crippen LogP contribution in [0.1, 0.15) is 22.3 Å². The van der Waals surface area contributed by atoms with Gasteiger partial charge in [-0.3, -0.25) is 19.3 Å². The van der Waals surface area contributed by atoms with E-state index >= 15 is 0 Å². The van der Waals surface area contributed by atoms with Gasteiger partial charge in [-0.1, -0.05) is 59.7 Å². The summed E-state index contributed by atoms with van der Waals surface area (Å²) in [4.78, 5) is 38.6. The average molecular weight is 473 g/mol. The van der Waals surface area contributed by atoms with E-state index in [9.17, 15) is 14.4 Å². The molecule has 1 fully saturated rings. The number of amides is 3. The molecule has 172 valence electrons. The Labute approximate surface area is 202 Å². The molecule has 6 nitrogen and oxygen atoms in total. The van der Waals surface area contributed by atoms with Crippen LogP contribution in [0.15, 0.2) is 77.7 Å². The third-order valence-corrected chi connectivity index (χ3v) is 6.12. The molecule has 1 heterocycles. The second-order valence-electron chi connectivity index (χ2n) is 8.03. The number of carbonyl (C=O) groups excluding carboxylic acids is 3. The number of rotatable bonds is 7. The van der Waals surface area contributed by atoms with Crippen LogP contribution < -0.4 is 10.1 Å². The van der Waals surface area contributed by atoms with E-state index in [4.69, 9.17) is 4.74 Å². The second kappa shape index (κ2) is 10.4. The number of nitrogens with one attached hydrogen (secondary N) is 1. The highest BCUT2D eigenvalue weighted by Gasteiger charge is 2.36. The Kier molecular flexibility index (Phi) is 7.13. The first-order chi connectivity index (χ1) is 16.4. The molecule has 1 saturated heterocycles. The highest BCUT2D eigenvalue weighted by Crippen LogP contribution is 2.32. The second-order valence-corrected chi connectivity index (χ2v) is 9.02. The van der Waals surface area contributed by atoms with Crippen LogP contribution in [0.5, 0.6) is 5.75 Å².